The van der Waals surface area contributed by atoms with E-state index in [4.69, 9.17) is 10.5 Å². The number of imidazole rings is 1. The van der Waals surface area contributed by atoms with E-state index in [0.29, 0.717) is 18.2 Å². The molecule has 0 saturated carbocycles. The normalized spacial score (nSPS) is 31.4. The first-order valence-electron chi connectivity index (χ1n) is 6.19. The summed E-state index contributed by atoms with van der Waals surface area (Å²) < 4.78 is 8.17. The molecule has 2 fully saturated rings. The van der Waals surface area contributed by atoms with Crippen molar-refractivity contribution in [2.45, 2.75) is 37.5 Å². The highest BCUT2D eigenvalue weighted by molar-refractivity contribution is 5.79. The lowest BCUT2D eigenvalue weighted by Crippen LogP contribution is -2.20. The number of hydrogen-bond acceptors (Lipinski definition) is 3. The van der Waals surface area contributed by atoms with Crippen LogP contribution in [-0.2, 0) is 4.74 Å². The zero-order chi connectivity index (χ0) is 11.4. The first-order chi connectivity index (χ1) is 8.31. The van der Waals surface area contributed by atoms with Crippen LogP contribution in [0.25, 0.3) is 11.0 Å². The van der Waals surface area contributed by atoms with Crippen LogP contribution < -0.4 is 5.73 Å². The van der Waals surface area contributed by atoms with Gasteiger partial charge in [0, 0.05) is 5.69 Å². The summed E-state index contributed by atoms with van der Waals surface area (Å²) >= 11 is 0. The molecule has 2 N–H and O–H groups in total. The van der Waals surface area contributed by atoms with Crippen LogP contribution in [0.15, 0.2) is 24.5 Å². The molecule has 4 heteroatoms. The van der Waals surface area contributed by atoms with Crippen molar-refractivity contribution in [3.63, 3.8) is 0 Å². The number of fused-ring (bicyclic) bond motifs is 3. The molecule has 0 radical (unpaired) electrons. The molecule has 4 rings (SSSR count). The fourth-order valence-electron chi connectivity index (χ4n) is 3.22. The molecule has 2 aliphatic heterocycles. The number of nitrogens with zero attached hydrogens (tertiary/aromatic N) is 2. The first-order valence-corrected chi connectivity index (χ1v) is 6.19. The molecule has 2 aliphatic rings. The maximum Gasteiger partial charge on any atom is 0.0961 e. The molecular weight excluding hydrogens is 214 g/mol. The molecule has 2 bridgehead atoms. The fraction of sp³-hybridized carbons (Fsp3) is 0.462. The van der Waals surface area contributed by atoms with E-state index in [1.54, 1.807) is 0 Å². The Hall–Kier alpha value is -1.55. The van der Waals surface area contributed by atoms with Crippen molar-refractivity contribution in [2.24, 2.45) is 0 Å². The highest BCUT2D eigenvalue weighted by Gasteiger charge is 2.41. The number of nitrogen functional groups attached to an aromatic ring is 1. The van der Waals surface area contributed by atoms with E-state index in [1.807, 2.05) is 18.5 Å². The van der Waals surface area contributed by atoms with E-state index in [0.717, 1.165) is 17.6 Å². The third-order valence-corrected chi connectivity index (χ3v) is 4.03. The second-order valence-electron chi connectivity index (χ2n) is 5.08. The smallest absolute Gasteiger partial charge is 0.0961 e. The summed E-state index contributed by atoms with van der Waals surface area (Å²) in [6.45, 7) is 0. The van der Waals surface area contributed by atoms with Crippen molar-refractivity contribution in [1.82, 2.24) is 9.55 Å². The van der Waals surface area contributed by atoms with Crippen LogP contribution in [0.1, 0.15) is 25.3 Å². The van der Waals surface area contributed by atoms with E-state index in [1.165, 1.54) is 18.4 Å². The molecule has 17 heavy (non-hydrogen) atoms. The van der Waals surface area contributed by atoms with E-state index < -0.39 is 0 Å². The van der Waals surface area contributed by atoms with Gasteiger partial charge in [0.25, 0.3) is 0 Å². The minimum Gasteiger partial charge on any atom is -0.399 e. The van der Waals surface area contributed by atoms with Crippen LogP contribution in [0.4, 0.5) is 5.69 Å². The molecule has 2 saturated heterocycles. The van der Waals surface area contributed by atoms with Crippen LogP contribution in [0, 0.1) is 0 Å². The van der Waals surface area contributed by atoms with Crippen molar-refractivity contribution < 1.29 is 4.74 Å². The maximum absolute atomic E-state index is 5.91. The number of ether oxygens (including phenoxy) is 1. The standard InChI is InChI=1S/C13H15N3O/c14-8-1-3-11-10(5-8)15-7-16(11)12-6-9-2-4-13(12)17-9/h1,3,5,7,9,12-13H,2,4,6,14H2. The Morgan fingerprint density at radius 2 is 2.29 bits per heavy atom. The molecule has 0 spiro atoms. The molecule has 0 aliphatic carbocycles. The molecule has 4 nitrogen and oxygen atoms in total. The molecule has 1 aromatic heterocycles. The topological polar surface area (TPSA) is 53.1 Å². The van der Waals surface area contributed by atoms with Crippen molar-refractivity contribution in [3.8, 4) is 0 Å². The number of anilines is 1. The van der Waals surface area contributed by atoms with Gasteiger partial charge >= 0.3 is 0 Å². The lowest BCUT2D eigenvalue weighted by atomic mass is 9.95. The van der Waals surface area contributed by atoms with Gasteiger partial charge in [0.15, 0.2) is 0 Å². The molecule has 3 unspecified atom stereocenters. The van der Waals surface area contributed by atoms with Crippen LogP contribution in [0.2, 0.25) is 0 Å². The number of nitrogens with two attached hydrogens (primary N) is 1. The molecule has 2 aromatic rings. The molecule has 88 valence electrons. The number of aromatic nitrogens is 2. The summed E-state index contributed by atoms with van der Waals surface area (Å²) in [6.07, 6.45) is 6.32. The average molecular weight is 229 g/mol. The minimum atomic E-state index is 0.384. The van der Waals surface area contributed by atoms with Crippen molar-refractivity contribution in [2.75, 3.05) is 5.73 Å². The highest BCUT2D eigenvalue weighted by Crippen LogP contribution is 2.42. The van der Waals surface area contributed by atoms with Gasteiger partial charge in [-0.05, 0) is 37.5 Å². The number of benzene rings is 1. The van der Waals surface area contributed by atoms with Gasteiger partial charge in [-0.1, -0.05) is 0 Å². The Morgan fingerprint density at radius 1 is 1.35 bits per heavy atom. The van der Waals surface area contributed by atoms with Crippen molar-refractivity contribution in [1.29, 1.82) is 0 Å². The van der Waals surface area contributed by atoms with Gasteiger partial charge in [0.05, 0.1) is 35.6 Å². The van der Waals surface area contributed by atoms with Gasteiger partial charge in [-0.15, -0.1) is 0 Å². The van der Waals surface area contributed by atoms with Gasteiger partial charge in [0.1, 0.15) is 0 Å². The Morgan fingerprint density at radius 3 is 3.06 bits per heavy atom. The van der Waals surface area contributed by atoms with Crippen LogP contribution in [0.3, 0.4) is 0 Å². The zero-order valence-electron chi connectivity index (χ0n) is 9.54. The van der Waals surface area contributed by atoms with Gasteiger partial charge in [-0.3, -0.25) is 0 Å². The first kappa shape index (κ1) is 9.48. The number of hydrogen-bond donors (Lipinski definition) is 1. The van der Waals surface area contributed by atoms with Gasteiger partial charge in [-0.2, -0.15) is 0 Å². The lowest BCUT2D eigenvalue weighted by molar-refractivity contribution is 0.0943. The predicted molar refractivity (Wildman–Crippen MR) is 65.7 cm³/mol. The SMILES string of the molecule is Nc1ccc2c(c1)ncn2C1CC2CCC1O2. The number of rotatable bonds is 1. The summed E-state index contributed by atoms with van der Waals surface area (Å²) in [6, 6.07) is 6.39. The van der Waals surface area contributed by atoms with Crippen molar-refractivity contribution >= 4 is 16.7 Å². The Kier molecular flexibility index (Phi) is 1.80. The molecular formula is C13H15N3O. The summed E-state index contributed by atoms with van der Waals surface area (Å²) in [5.41, 5.74) is 8.69. The van der Waals surface area contributed by atoms with E-state index in [2.05, 4.69) is 15.6 Å². The Labute approximate surface area is 99.4 Å². The largest absolute Gasteiger partial charge is 0.399 e. The van der Waals surface area contributed by atoms with Crippen molar-refractivity contribution in [3.05, 3.63) is 24.5 Å². The molecule has 1 aromatic carbocycles. The van der Waals surface area contributed by atoms with Gasteiger partial charge < -0.3 is 15.0 Å². The van der Waals surface area contributed by atoms with Crippen LogP contribution >= 0.6 is 0 Å². The molecule has 3 heterocycles. The highest BCUT2D eigenvalue weighted by atomic mass is 16.5. The summed E-state index contributed by atoms with van der Waals surface area (Å²) in [5.74, 6) is 0. The second kappa shape index (κ2) is 3.23. The monoisotopic (exact) mass is 229 g/mol. The average Bonchev–Trinajstić information content (AvgIpc) is 3.01. The van der Waals surface area contributed by atoms with Gasteiger partial charge in [-0.25, -0.2) is 4.98 Å². The molecule has 0 amide bonds. The summed E-state index contributed by atoms with van der Waals surface area (Å²) in [5, 5.41) is 0. The third-order valence-electron chi connectivity index (χ3n) is 4.03. The lowest BCUT2D eigenvalue weighted by Gasteiger charge is -2.20. The second-order valence-corrected chi connectivity index (χ2v) is 5.08. The predicted octanol–water partition coefficient (Wildman–Crippen LogP) is 2.11. The van der Waals surface area contributed by atoms with E-state index in [9.17, 15) is 0 Å². The quantitative estimate of drug-likeness (QED) is 0.762. The maximum atomic E-state index is 5.91. The van der Waals surface area contributed by atoms with E-state index in [-0.39, 0.29) is 0 Å². The van der Waals surface area contributed by atoms with E-state index >= 15 is 0 Å². The van der Waals surface area contributed by atoms with Crippen LogP contribution in [-0.4, -0.2) is 21.8 Å². The Bertz CT molecular complexity index is 577. The van der Waals surface area contributed by atoms with Crippen LogP contribution in [0.5, 0.6) is 0 Å². The summed E-state index contributed by atoms with van der Waals surface area (Å²) in [4.78, 5) is 4.44. The summed E-state index contributed by atoms with van der Waals surface area (Å²) in [7, 11) is 0. The Balaban J connectivity index is 1.81. The zero-order valence-corrected chi connectivity index (χ0v) is 9.54. The molecule has 3 atom stereocenters. The third kappa shape index (κ3) is 1.30. The minimum absolute atomic E-state index is 0.384. The fourth-order valence-corrected chi connectivity index (χ4v) is 3.22. The van der Waals surface area contributed by atoms with Gasteiger partial charge in [0.2, 0.25) is 0 Å².